The van der Waals surface area contributed by atoms with E-state index in [0.29, 0.717) is 0 Å². The van der Waals surface area contributed by atoms with Crippen LogP contribution in [-0.4, -0.2) is 6.85 Å². The number of hydrogen-bond acceptors (Lipinski definition) is 3. The van der Waals surface area contributed by atoms with Gasteiger partial charge in [0.2, 0.25) is 0 Å². The number of fused-ring (bicyclic) bond motifs is 7. The molecule has 0 radical (unpaired) electrons. The molecule has 0 aromatic heterocycles. The first-order chi connectivity index (χ1) is 33.6. The smallest absolute Gasteiger partial charge is 0.333 e. The third-order valence-corrected chi connectivity index (χ3v) is 15.3. The van der Waals surface area contributed by atoms with Gasteiger partial charge in [0.25, 0.3) is 0 Å². The summed E-state index contributed by atoms with van der Waals surface area (Å²) in [6.07, 6.45) is 0. The molecule has 11 rings (SSSR count). The summed E-state index contributed by atoms with van der Waals surface area (Å²) in [5, 5.41) is 4.96. The van der Waals surface area contributed by atoms with Crippen LogP contribution in [-0.2, 0) is 21.7 Å². The maximum Gasteiger partial charge on any atom is 0.333 e. The predicted octanol–water partition coefficient (Wildman–Crippen LogP) is 17.7. The van der Waals surface area contributed by atoms with Gasteiger partial charge < -0.3 is 14.6 Å². The topological polar surface area (TPSA) is 9.72 Å². The van der Waals surface area contributed by atoms with Gasteiger partial charge in [0.1, 0.15) is 0 Å². The van der Waals surface area contributed by atoms with E-state index in [2.05, 4.69) is 281 Å². The van der Waals surface area contributed by atoms with E-state index in [9.17, 15) is 0 Å². The number of nitrogens with zero attached hydrogens (tertiary/aromatic N) is 3. The van der Waals surface area contributed by atoms with Gasteiger partial charge in [0.15, 0.2) is 0 Å². The number of rotatable bonds is 5. The first kappa shape index (κ1) is 46.4. The zero-order valence-electron chi connectivity index (χ0n) is 44.2. The van der Waals surface area contributed by atoms with Crippen molar-refractivity contribution in [2.75, 3.05) is 14.6 Å². The number of hydrogen-bond donors (Lipinski definition) is 0. The van der Waals surface area contributed by atoms with E-state index in [-0.39, 0.29) is 28.5 Å². The Kier molecular flexibility index (Phi) is 10.8. The fourth-order valence-electron chi connectivity index (χ4n) is 11.2. The number of benzene rings is 9. The Labute approximate surface area is 423 Å². The molecule has 2 aliphatic heterocycles. The molecule has 9 aromatic rings. The normalized spacial score (nSPS) is 13.6. The van der Waals surface area contributed by atoms with Gasteiger partial charge in [-0.25, -0.2) is 0 Å². The third kappa shape index (κ3) is 8.01. The van der Waals surface area contributed by atoms with Gasteiger partial charge in [-0.15, -0.1) is 0 Å². The Balaban J connectivity index is 1.25. The van der Waals surface area contributed by atoms with E-state index in [1.807, 2.05) is 0 Å². The Bertz CT molecular complexity index is 3460. The Morgan fingerprint density at radius 2 is 0.859 bits per heavy atom. The zero-order chi connectivity index (χ0) is 49.9. The molecule has 0 amide bonds. The van der Waals surface area contributed by atoms with E-state index in [0.717, 1.165) is 17.1 Å². The highest BCUT2D eigenvalue weighted by Gasteiger charge is 2.46. The van der Waals surface area contributed by atoms with E-state index < -0.39 is 0 Å². The van der Waals surface area contributed by atoms with E-state index in [4.69, 9.17) is 0 Å². The second-order valence-corrected chi connectivity index (χ2v) is 24.5. The first-order valence-corrected chi connectivity index (χ1v) is 25.7. The average Bonchev–Trinajstić information content (AvgIpc) is 3.33. The number of aryl methyl sites for hydroxylation is 1. The van der Waals surface area contributed by atoms with Crippen LogP contribution < -0.4 is 25.5 Å². The Hall–Kier alpha value is -7.04. The van der Waals surface area contributed by atoms with Crippen molar-refractivity contribution in [2.24, 2.45) is 0 Å². The van der Waals surface area contributed by atoms with Crippen molar-refractivity contribution in [1.82, 2.24) is 0 Å². The molecule has 354 valence electrons. The highest BCUT2D eigenvalue weighted by molar-refractivity contribution is 6.94. The molecule has 0 atom stereocenters. The molecule has 9 aromatic carbocycles. The fourth-order valence-corrected chi connectivity index (χ4v) is 11.2. The third-order valence-electron chi connectivity index (χ3n) is 15.3. The molecular formula is C67H68BN3. The van der Waals surface area contributed by atoms with Gasteiger partial charge in [-0.1, -0.05) is 180 Å². The van der Waals surface area contributed by atoms with Crippen LogP contribution >= 0.6 is 0 Å². The van der Waals surface area contributed by atoms with Crippen molar-refractivity contribution in [3.05, 3.63) is 204 Å². The molecule has 71 heavy (non-hydrogen) atoms. The lowest BCUT2D eigenvalue weighted by Gasteiger charge is -2.47. The fraction of sp³-hybridized carbons (Fsp3) is 0.254. The van der Waals surface area contributed by atoms with Crippen molar-refractivity contribution >= 4 is 84.8 Å². The van der Waals surface area contributed by atoms with Crippen LogP contribution in [0.1, 0.15) is 111 Å². The van der Waals surface area contributed by atoms with Crippen molar-refractivity contribution in [1.29, 1.82) is 0 Å². The summed E-state index contributed by atoms with van der Waals surface area (Å²) in [7, 11) is 0. The highest BCUT2D eigenvalue weighted by Crippen LogP contribution is 2.51. The van der Waals surface area contributed by atoms with Gasteiger partial charge in [-0.05, 0) is 168 Å². The lowest BCUT2D eigenvalue weighted by atomic mass is 9.43. The molecule has 0 bridgehead atoms. The van der Waals surface area contributed by atoms with Crippen LogP contribution in [0.5, 0.6) is 0 Å². The molecule has 0 spiro atoms. The van der Waals surface area contributed by atoms with Crippen molar-refractivity contribution in [3.8, 4) is 11.1 Å². The molecule has 2 aliphatic rings. The second-order valence-electron chi connectivity index (χ2n) is 24.5. The monoisotopic (exact) mass is 926 g/mol. The summed E-state index contributed by atoms with van der Waals surface area (Å²) in [4.78, 5) is 7.76. The summed E-state index contributed by atoms with van der Waals surface area (Å²) in [5.41, 5.74) is 21.1. The molecule has 0 aliphatic carbocycles. The molecule has 4 heteroatoms. The minimum absolute atomic E-state index is 0.0108. The van der Waals surface area contributed by atoms with Gasteiger partial charge in [0.05, 0.1) is 5.69 Å². The lowest BCUT2D eigenvalue weighted by molar-refractivity contribution is 0.589. The SMILES string of the molecule is Cc1cc(C(C)(C)C)ccc1N1c2ccc(N(c3ccc(C(C)(C)C)cc3)c3ccc(C(C)(C)C)cc3)cc2B2c3c(cc4ccccc4c31)-c1cc3ccccc3cc1N2c1ccc(C(C)(C)C)cc1. The van der Waals surface area contributed by atoms with Crippen molar-refractivity contribution < 1.29 is 0 Å². The van der Waals surface area contributed by atoms with E-state index >= 15 is 0 Å². The van der Waals surface area contributed by atoms with Gasteiger partial charge in [0, 0.05) is 50.8 Å². The van der Waals surface area contributed by atoms with Crippen molar-refractivity contribution in [3.63, 3.8) is 0 Å². The summed E-state index contributed by atoms with van der Waals surface area (Å²) in [6, 6.07) is 67.7. The van der Waals surface area contributed by atoms with Crippen LogP contribution in [0, 0.1) is 6.92 Å². The van der Waals surface area contributed by atoms with Crippen LogP contribution in [0.2, 0.25) is 0 Å². The van der Waals surface area contributed by atoms with E-state index in [1.54, 1.807) is 0 Å². The van der Waals surface area contributed by atoms with E-state index in [1.165, 1.54) is 99.9 Å². The minimum atomic E-state index is -0.174. The maximum absolute atomic E-state index is 2.67. The molecule has 0 unspecified atom stereocenters. The second kappa shape index (κ2) is 16.5. The average molecular weight is 926 g/mol. The van der Waals surface area contributed by atoms with Crippen molar-refractivity contribution in [2.45, 2.75) is 112 Å². The largest absolute Gasteiger partial charge is 0.376 e. The standard InChI is InChI=1S/C67H68BN3/c1-43-38-50(67(11,12)13)28-36-59(43)70-60-37-35-54(69(51-29-22-47(23-30-51)64(2,3)4)52-31-24-48(25-32-52)65(5,6)7)42-58(60)68-62-57(40-46-20-16-17-21-55(46)63(62)70)56-39-44-18-14-15-19-45(44)41-61(56)71(68)53-33-26-49(27-34-53)66(8,9)10/h14-42H,1-13H3. The molecule has 2 heterocycles. The molecule has 0 saturated carbocycles. The predicted molar refractivity (Wildman–Crippen MR) is 309 cm³/mol. The zero-order valence-corrected chi connectivity index (χ0v) is 44.2. The van der Waals surface area contributed by atoms with Gasteiger partial charge >= 0.3 is 6.85 Å². The summed E-state index contributed by atoms with van der Waals surface area (Å²) in [6.45, 7) is 29.7. The molecule has 0 N–H and O–H groups in total. The molecule has 0 fully saturated rings. The quantitative estimate of drug-likeness (QED) is 0.159. The summed E-state index contributed by atoms with van der Waals surface area (Å²) >= 11 is 0. The maximum atomic E-state index is 2.67. The highest BCUT2D eigenvalue weighted by atomic mass is 15.2. The molecule has 3 nitrogen and oxygen atoms in total. The van der Waals surface area contributed by atoms with Crippen LogP contribution in [0.3, 0.4) is 0 Å². The van der Waals surface area contributed by atoms with Crippen LogP contribution in [0.25, 0.3) is 32.7 Å². The van der Waals surface area contributed by atoms with Gasteiger partial charge in [-0.3, -0.25) is 0 Å². The molecule has 0 saturated heterocycles. The molecular weight excluding hydrogens is 858 g/mol. The summed E-state index contributed by atoms with van der Waals surface area (Å²) in [5.74, 6) is 0. The summed E-state index contributed by atoms with van der Waals surface area (Å²) < 4.78 is 0. The minimum Gasteiger partial charge on any atom is -0.376 e. The Morgan fingerprint density at radius 3 is 1.41 bits per heavy atom. The Morgan fingerprint density at radius 1 is 0.394 bits per heavy atom. The van der Waals surface area contributed by atoms with Gasteiger partial charge in [-0.2, -0.15) is 0 Å². The van der Waals surface area contributed by atoms with Crippen LogP contribution in [0.15, 0.2) is 176 Å². The lowest BCUT2D eigenvalue weighted by Crippen LogP contribution is -2.61. The number of anilines is 8. The van der Waals surface area contributed by atoms with Crippen LogP contribution in [0.4, 0.5) is 45.5 Å². The first-order valence-electron chi connectivity index (χ1n) is 25.7.